The van der Waals surface area contributed by atoms with Crippen LogP contribution in [0, 0.1) is 0 Å². The molecule has 0 bridgehead atoms. The zero-order valence-electron chi connectivity index (χ0n) is 11.0. The lowest BCUT2D eigenvalue weighted by Gasteiger charge is -2.12. The number of benzene rings is 1. The summed E-state index contributed by atoms with van der Waals surface area (Å²) in [7, 11) is -2.20. The fourth-order valence-corrected chi connectivity index (χ4v) is 2.66. The van der Waals surface area contributed by atoms with Crippen molar-refractivity contribution in [2.45, 2.75) is 11.4 Å². The molecule has 7 heteroatoms. The summed E-state index contributed by atoms with van der Waals surface area (Å²) in [4.78, 5) is 4.14. The fourth-order valence-electron chi connectivity index (χ4n) is 1.72. The van der Waals surface area contributed by atoms with E-state index in [1.807, 2.05) is 12.1 Å². The summed E-state index contributed by atoms with van der Waals surface area (Å²) in [5.74, 6) is 0. The number of nitrogen functional groups attached to an aromatic ring is 1. The minimum absolute atomic E-state index is 0.129. The van der Waals surface area contributed by atoms with Crippen LogP contribution in [0.25, 0.3) is 0 Å². The van der Waals surface area contributed by atoms with Crippen LogP contribution < -0.4 is 15.8 Å². The molecule has 0 spiro atoms. The summed E-state index contributed by atoms with van der Waals surface area (Å²) in [6, 6.07) is 8.46. The zero-order valence-corrected chi connectivity index (χ0v) is 11.8. The van der Waals surface area contributed by atoms with E-state index in [2.05, 4.69) is 15.0 Å². The summed E-state index contributed by atoms with van der Waals surface area (Å²) < 4.78 is 26.2. The third-order valence-electron chi connectivity index (χ3n) is 2.77. The smallest absolute Gasteiger partial charge is 0.242 e. The van der Waals surface area contributed by atoms with Crippen molar-refractivity contribution in [3.05, 3.63) is 48.3 Å². The Bertz CT molecular complexity index is 687. The molecule has 1 aromatic heterocycles. The average Bonchev–Trinajstić information content (AvgIpc) is 2.47. The van der Waals surface area contributed by atoms with E-state index in [4.69, 9.17) is 5.73 Å². The SMILES string of the molecule is CNS(=O)(=O)c1cc(N)ccc1NCc1cccnc1. The lowest BCUT2D eigenvalue weighted by molar-refractivity contribution is 0.588. The van der Waals surface area contributed by atoms with Crippen LogP contribution in [0.2, 0.25) is 0 Å². The van der Waals surface area contributed by atoms with Crippen molar-refractivity contribution < 1.29 is 8.42 Å². The van der Waals surface area contributed by atoms with E-state index in [-0.39, 0.29) is 4.90 Å². The molecule has 0 unspecified atom stereocenters. The summed E-state index contributed by atoms with van der Waals surface area (Å²) in [6.07, 6.45) is 3.40. The lowest BCUT2D eigenvalue weighted by atomic mass is 10.2. The maximum atomic E-state index is 12.0. The number of nitrogens with zero attached hydrogens (tertiary/aromatic N) is 1. The largest absolute Gasteiger partial charge is 0.399 e. The van der Waals surface area contributed by atoms with Crippen LogP contribution in [0.3, 0.4) is 0 Å². The molecular weight excluding hydrogens is 276 g/mol. The number of pyridine rings is 1. The van der Waals surface area contributed by atoms with E-state index >= 15 is 0 Å². The number of nitrogens with two attached hydrogens (primary N) is 1. The van der Waals surface area contributed by atoms with Gasteiger partial charge in [0.05, 0.1) is 5.69 Å². The van der Waals surface area contributed by atoms with Gasteiger partial charge < -0.3 is 11.1 Å². The van der Waals surface area contributed by atoms with E-state index in [0.717, 1.165) is 5.56 Å². The minimum Gasteiger partial charge on any atom is -0.399 e. The first-order chi connectivity index (χ1) is 9.53. The molecule has 0 atom stereocenters. The monoisotopic (exact) mass is 292 g/mol. The van der Waals surface area contributed by atoms with E-state index in [1.54, 1.807) is 24.5 Å². The molecule has 0 radical (unpaired) electrons. The Morgan fingerprint density at radius 1 is 1.30 bits per heavy atom. The Kier molecular flexibility index (Phi) is 4.21. The first-order valence-corrected chi connectivity index (χ1v) is 7.47. The molecule has 1 heterocycles. The van der Waals surface area contributed by atoms with Crippen molar-refractivity contribution in [2.75, 3.05) is 18.1 Å². The van der Waals surface area contributed by atoms with Gasteiger partial charge in [-0.3, -0.25) is 4.98 Å². The van der Waals surface area contributed by atoms with Gasteiger partial charge in [-0.15, -0.1) is 0 Å². The van der Waals surface area contributed by atoms with Gasteiger partial charge in [-0.05, 0) is 36.9 Å². The normalized spacial score (nSPS) is 11.2. The Morgan fingerprint density at radius 2 is 2.10 bits per heavy atom. The molecule has 0 aliphatic carbocycles. The van der Waals surface area contributed by atoms with Crippen LogP contribution in [-0.2, 0) is 16.6 Å². The van der Waals surface area contributed by atoms with Gasteiger partial charge in [-0.2, -0.15) is 0 Å². The van der Waals surface area contributed by atoms with Gasteiger partial charge >= 0.3 is 0 Å². The second-order valence-corrected chi connectivity index (χ2v) is 6.03. The topological polar surface area (TPSA) is 97.1 Å². The molecule has 2 aromatic rings. The van der Waals surface area contributed by atoms with Crippen molar-refractivity contribution >= 4 is 21.4 Å². The molecule has 4 N–H and O–H groups in total. The molecule has 2 rings (SSSR count). The van der Waals surface area contributed by atoms with Gasteiger partial charge in [-0.25, -0.2) is 13.1 Å². The van der Waals surface area contributed by atoms with Crippen molar-refractivity contribution in [3.8, 4) is 0 Å². The van der Waals surface area contributed by atoms with E-state index in [0.29, 0.717) is 17.9 Å². The average molecular weight is 292 g/mol. The highest BCUT2D eigenvalue weighted by atomic mass is 32.2. The van der Waals surface area contributed by atoms with Crippen molar-refractivity contribution in [1.29, 1.82) is 0 Å². The Hall–Kier alpha value is -2.12. The van der Waals surface area contributed by atoms with Crippen LogP contribution in [0.15, 0.2) is 47.6 Å². The van der Waals surface area contributed by atoms with Crippen LogP contribution in [0.5, 0.6) is 0 Å². The fraction of sp³-hybridized carbons (Fsp3) is 0.154. The molecule has 0 saturated carbocycles. The molecule has 0 amide bonds. The van der Waals surface area contributed by atoms with Crippen molar-refractivity contribution in [3.63, 3.8) is 0 Å². The highest BCUT2D eigenvalue weighted by Gasteiger charge is 2.16. The predicted octanol–water partition coefficient (Wildman–Crippen LogP) is 1.18. The summed E-state index contributed by atoms with van der Waals surface area (Å²) in [5, 5.41) is 3.08. The van der Waals surface area contributed by atoms with Gasteiger partial charge in [0.15, 0.2) is 0 Å². The molecular formula is C13H16N4O2S. The van der Waals surface area contributed by atoms with Gasteiger partial charge in [0, 0.05) is 24.6 Å². The predicted molar refractivity (Wildman–Crippen MR) is 78.7 cm³/mol. The molecule has 0 aliphatic rings. The first kappa shape index (κ1) is 14.3. The number of rotatable bonds is 5. The second kappa shape index (κ2) is 5.89. The van der Waals surface area contributed by atoms with Crippen LogP contribution >= 0.6 is 0 Å². The minimum atomic E-state index is -3.56. The molecule has 0 aliphatic heterocycles. The third kappa shape index (κ3) is 3.25. The van der Waals surface area contributed by atoms with E-state index in [9.17, 15) is 8.42 Å². The van der Waals surface area contributed by atoms with Gasteiger partial charge in [0.25, 0.3) is 0 Å². The molecule has 20 heavy (non-hydrogen) atoms. The Morgan fingerprint density at radius 3 is 2.75 bits per heavy atom. The number of nitrogens with one attached hydrogen (secondary N) is 2. The second-order valence-electron chi connectivity index (χ2n) is 4.18. The van der Waals surface area contributed by atoms with Crippen molar-refractivity contribution in [2.24, 2.45) is 0 Å². The quantitative estimate of drug-likeness (QED) is 0.719. The zero-order chi connectivity index (χ0) is 14.6. The maximum Gasteiger partial charge on any atom is 0.242 e. The summed E-state index contributed by atoms with van der Waals surface area (Å²) in [6.45, 7) is 0.476. The van der Waals surface area contributed by atoms with Gasteiger partial charge in [0.2, 0.25) is 10.0 Å². The van der Waals surface area contributed by atoms with Gasteiger partial charge in [-0.1, -0.05) is 6.07 Å². The number of sulfonamides is 1. The number of aromatic nitrogens is 1. The van der Waals surface area contributed by atoms with Crippen LogP contribution in [0.1, 0.15) is 5.56 Å². The molecule has 0 saturated heterocycles. The highest BCUT2D eigenvalue weighted by Crippen LogP contribution is 2.24. The highest BCUT2D eigenvalue weighted by molar-refractivity contribution is 7.89. The van der Waals surface area contributed by atoms with Crippen LogP contribution in [-0.4, -0.2) is 20.4 Å². The number of anilines is 2. The first-order valence-electron chi connectivity index (χ1n) is 5.99. The van der Waals surface area contributed by atoms with Gasteiger partial charge in [0.1, 0.15) is 4.90 Å². The summed E-state index contributed by atoms with van der Waals surface area (Å²) in [5.41, 5.74) is 7.50. The van der Waals surface area contributed by atoms with E-state index < -0.39 is 10.0 Å². The lowest BCUT2D eigenvalue weighted by Crippen LogP contribution is -2.20. The molecule has 0 fully saturated rings. The maximum absolute atomic E-state index is 12.0. The standard InChI is InChI=1S/C13H16N4O2S/c1-15-20(18,19)13-7-11(14)4-5-12(13)17-9-10-3-2-6-16-8-10/h2-8,15,17H,9,14H2,1H3. The number of hydrogen-bond acceptors (Lipinski definition) is 5. The molecule has 1 aromatic carbocycles. The van der Waals surface area contributed by atoms with Crippen molar-refractivity contribution in [1.82, 2.24) is 9.71 Å². The van der Waals surface area contributed by atoms with Crippen LogP contribution in [0.4, 0.5) is 11.4 Å². The molecule has 6 nitrogen and oxygen atoms in total. The number of hydrogen-bond donors (Lipinski definition) is 3. The molecule has 106 valence electrons. The third-order valence-corrected chi connectivity index (χ3v) is 4.22. The Labute approximate surface area is 118 Å². The van der Waals surface area contributed by atoms with E-state index in [1.165, 1.54) is 13.1 Å². The Balaban J connectivity index is 2.28. The summed E-state index contributed by atoms with van der Waals surface area (Å²) >= 11 is 0.